The summed E-state index contributed by atoms with van der Waals surface area (Å²) in [6, 6.07) is 2.06. The predicted molar refractivity (Wildman–Crippen MR) is 59.1 cm³/mol. The van der Waals surface area contributed by atoms with Crippen LogP contribution in [0.3, 0.4) is 0 Å². The molecule has 0 unspecified atom stereocenters. The van der Waals surface area contributed by atoms with Crippen LogP contribution in [0, 0.1) is 17.2 Å². The largest absolute Gasteiger partial charge is 0.329 e. The first kappa shape index (κ1) is 12.0. The van der Waals surface area contributed by atoms with Gasteiger partial charge in [0.05, 0.1) is 6.07 Å². The molecule has 0 N–H and O–H groups in total. The summed E-state index contributed by atoms with van der Waals surface area (Å²) in [5, 5.41) is 8.63. The maximum atomic E-state index is 12.0. The highest BCUT2D eigenvalue weighted by Gasteiger charge is 2.23. The van der Waals surface area contributed by atoms with Gasteiger partial charge in [-0.25, -0.2) is 0 Å². The molecule has 3 nitrogen and oxygen atoms in total. The van der Waals surface area contributed by atoms with E-state index in [4.69, 9.17) is 5.26 Å². The van der Waals surface area contributed by atoms with E-state index in [0.717, 1.165) is 12.8 Å². The van der Waals surface area contributed by atoms with Gasteiger partial charge in [-0.15, -0.1) is 0 Å². The highest BCUT2D eigenvalue weighted by molar-refractivity contribution is 5.79. The van der Waals surface area contributed by atoms with Crippen LogP contribution in [0.25, 0.3) is 0 Å². The molecule has 0 radical (unpaired) electrons. The Morgan fingerprint density at radius 2 is 1.93 bits per heavy atom. The molecular weight excluding hydrogens is 188 g/mol. The lowest BCUT2D eigenvalue weighted by molar-refractivity contribution is -0.135. The second-order valence-electron chi connectivity index (χ2n) is 4.20. The number of carbonyl (C=O) groups is 1. The topological polar surface area (TPSA) is 44.1 Å². The molecule has 0 aromatic carbocycles. The Kier molecular flexibility index (Phi) is 5.17. The Morgan fingerprint density at radius 1 is 1.33 bits per heavy atom. The van der Waals surface area contributed by atoms with E-state index in [1.807, 2.05) is 6.92 Å². The molecule has 0 heterocycles. The normalized spacial score (nSPS) is 17.9. The molecule has 84 valence electrons. The van der Waals surface area contributed by atoms with Gasteiger partial charge in [0, 0.05) is 12.5 Å². The van der Waals surface area contributed by atoms with Crippen LogP contribution in [0.5, 0.6) is 0 Å². The van der Waals surface area contributed by atoms with E-state index in [0.29, 0.717) is 6.54 Å². The summed E-state index contributed by atoms with van der Waals surface area (Å²) in [7, 11) is 0. The van der Waals surface area contributed by atoms with Gasteiger partial charge in [-0.2, -0.15) is 5.26 Å². The summed E-state index contributed by atoms with van der Waals surface area (Å²) < 4.78 is 0. The third-order valence-electron chi connectivity index (χ3n) is 3.16. The molecule has 1 fully saturated rings. The van der Waals surface area contributed by atoms with Crippen molar-refractivity contribution in [2.24, 2.45) is 5.92 Å². The van der Waals surface area contributed by atoms with Crippen LogP contribution >= 0.6 is 0 Å². The molecule has 0 spiro atoms. The lowest BCUT2D eigenvalue weighted by Crippen LogP contribution is -2.36. The van der Waals surface area contributed by atoms with E-state index in [9.17, 15) is 4.79 Å². The third kappa shape index (κ3) is 3.54. The lowest BCUT2D eigenvalue weighted by atomic mass is 9.99. The number of rotatable bonds is 3. The van der Waals surface area contributed by atoms with Crippen molar-refractivity contribution in [2.75, 3.05) is 13.1 Å². The Morgan fingerprint density at radius 3 is 2.40 bits per heavy atom. The maximum Gasteiger partial charge on any atom is 0.226 e. The number of hydrogen-bond acceptors (Lipinski definition) is 2. The Bertz CT molecular complexity index is 236. The lowest BCUT2D eigenvalue weighted by Gasteiger charge is -2.23. The van der Waals surface area contributed by atoms with Crippen molar-refractivity contribution in [3.05, 3.63) is 0 Å². The van der Waals surface area contributed by atoms with Crippen LogP contribution in [0.4, 0.5) is 0 Å². The molecule has 1 aliphatic carbocycles. The summed E-state index contributed by atoms with van der Waals surface area (Å²) in [5.41, 5.74) is 0. The number of nitriles is 1. The molecule has 0 aromatic rings. The van der Waals surface area contributed by atoms with Gasteiger partial charge in [-0.1, -0.05) is 25.7 Å². The van der Waals surface area contributed by atoms with Crippen LogP contribution in [0.15, 0.2) is 0 Å². The smallest absolute Gasteiger partial charge is 0.226 e. The highest BCUT2D eigenvalue weighted by Crippen LogP contribution is 2.24. The molecular formula is C12H20N2O. The van der Waals surface area contributed by atoms with Gasteiger partial charge in [-0.3, -0.25) is 4.79 Å². The summed E-state index contributed by atoms with van der Waals surface area (Å²) in [5.74, 6) is 0.377. The van der Waals surface area contributed by atoms with Crippen molar-refractivity contribution < 1.29 is 4.79 Å². The van der Waals surface area contributed by atoms with E-state index >= 15 is 0 Å². The molecule has 3 heteroatoms. The molecule has 0 aromatic heterocycles. The Balaban J connectivity index is 2.52. The standard InChI is InChI=1S/C12H20N2O/c1-2-14(10-9-13)12(15)11-7-5-3-4-6-8-11/h11H,2-8,10H2,1H3. The van der Waals surface area contributed by atoms with Gasteiger partial charge in [-0.05, 0) is 19.8 Å². The summed E-state index contributed by atoms with van der Waals surface area (Å²) in [6.45, 7) is 2.83. The molecule has 1 rings (SSSR count). The van der Waals surface area contributed by atoms with E-state index in [1.165, 1.54) is 25.7 Å². The van der Waals surface area contributed by atoms with Gasteiger partial charge in [0.25, 0.3) is 0 Å². The third-order valence-corrected chi connectivity index (χ3v) is 3.16. The van der Waals surface area contributed by atoms with Crippen LogP contribution in [0.2, 0.25) is 0 Å². The number of nitrogens with zero attached hydrogens (tertiary/aromatic N) is 2. The van der Waals surface area contributed by atoms with E-state index < -0.39 is 0 Å². The van der Waals surface area contributed by atoms with Crippen molar-refractivity contribution in [3.8, 4) is 6.07 Å². The monoisotopic (exact) mass is 208 g/mol. The zero-order valence-electron chi connectivity index (χ0n) is 9.54. The van der Waals surface area contributed by atoms with Crippen molar-refractivity contribution in [2.45, 2.75) is 45.4 Å². The quantitative estimate of drug-likeness (QED) is 0.527. The van der Waals surface area contributed by atoms with Gasteiger partial charge in [0.15, 0.2) is 0 Å². The second-order valence-corrected chi connectivity index (χ2v) is 4.20. The fourth-order valence-electron chi connectivity index (χ4n) is 2.22. The molecule has 0 bridgehead atoms. The van der Waals surface area contributed by atoms with Gasteiger partial charge in [0.2, 0.25) is 5.91 Å². The molecule has 0 aliphatic heterocycles. The first-order valence-electron chi connectivity index (χ1n) is 5.95. The number of carbonyl (C=O) groups excluding carboxylic acids is 1. The highest BCUT2D eigenvalue weighted by atomic mass is 16.2. The van der Waals surface area contributed by atoms with Crippen LogP contribution in [-0.2, 0) is 4.79 Å². The minimum absolute atomic E-state index is 0.181. The van der Waals surface area contributed by atoms with Crippen molar-refractivity contribution in [3.63, 3.8) is 0 Å². The fraction of sp³-hybridized carbons (Fsp3) is 0.833. The van der Waals surface area contributed by atoms with E-state index in [-0.39, 0.29) is 18.4 Å². The zero-order chi connectivity index (χ0) is 11.1. The molecule has 1 amide bonds. The summed E-state index contributed by atoms with van der Waals surface area (Å²) in [4.78, 5) is 13.7. The van der Waals surface area contributed by atoms with E-state index in [1.54, 1.807) is 4.90 Å². The summed E-state index contributed by atoms with van der Waals surface area (Å²) in [6.07, 6.45) is 6.88. The van der Waals surface area contributed by atoms with Gasteiger partial charge < -0.3 is 4.90 Å². The average molecular weight is 208 g/mol. The second kappa shape index (κ2) is 6.44. The van der Waals surface area contributed by atoms with Crippen LogP contribution < -0.4 is 0 Å². The molecule has 0 saturated heterocycles. The SMILES string of the molecule is CCN(CC#N)C(=O)C1CCCCCC1. The molecule has 1 aliphatic rings. The van der Waals surface area contributed by atoms with E-state index in [2.05, 4.69) is 6.07 Å². The molecule has 15 heavy (non-hydrogen) atoms. The molecule has 1 saturated carbocycles. The van der Waals surface area contributed by atoms with Crippen LogP contribution in [0.1, 0.15) is 45.4 Å². The maximum absolute atomic E-state index is 12.0. The Hall–Kier alpha value is -1.04. The predicted octanol–water partition coefficient (Wildman–Crippen LogP) is 2.33. The van der Waals surface area contributed by atoms with Gasteiger partial charge >= 0.3 is 0 Å². The summed E-state index contributed by atoms with van der Waals surface area (Å²) >= 11 is 0. The van der Waals surface area contributed by atoms with Gasteiger partial charge in [0.1, 0.15) is 6.54 Å². The number of hydrogen-bond donors (Lipinski definition) is 0. The average Bonchev–Trinajstić information content (AvgIpc) is 2.53. The van der Waals surface area contributed by atoms with Crippen molar-refractivity contribution in [1.29, 1.82) is 5.26 Å². The fourth-order valence-corrected chi connectivity index (χ4v) is 2.22. The minimum Gasteiger partial charge on any atom is -0.329 e. The molecule has 0 atom stereocenters. The first-order chi connectivity index (χ1) is 7.29. The Labute approximate surface area is 92.1 Å². The van der Waals surface area contributed by atoms with Crippen molar-refractivity contribution >= 4 is 5.91 Å². The first-order valence-corrected chi connectivity index (χ1v) is 5.95. The van der Waals surface area contributed by atoms with Crippen LogP contribution in [-0.4, -0.2) is 23.9 Å². The minimum atomic E-state index is 0.181. The number of amides is 1. The zero-order valence-corrected chi connectivity index (χ0v) is 9.54. The van der Waals surface area contributed by atoms with Crippen molar-refractivity contribution in [1.82, 2.24) is 4.90 Å².